The second-order valence-corrected chi connectivity index (χ2v) is 7.79. The quantitative estimate of drug-likeness (QED) is 0.583. The predicted octanol–water partition coefficient (Wildman–Crippen LogP) is 3.42. The van der Waals surface area contributed by atoms with Gasteiger partial charge in [-0.25, -0.2) is 9.97 Å². The number of hydrogen-bond donors (Lipinski definition) is 0. The highest BCUT2D eigenvalue weighted by Crippen LogP contribution is 2.39. The molecule has 3 rings (SSSR count). The van der Waals surface area contributed by atoms with Crippen LogP contribution in [0.2, 0.25) is 0 Å². The van der Waals surface area contributed by atoms with E-state index in [4.69, 9.17) is 5.26 Å². The summed E-state index contributed by atoms with van der Waals surface area (Å²) in [5, 5.41) is 10.8. The van der Waals surface area contributed by atoms with Gasteiger partial charge in [0.05, 0.1) is 18.2 Å². The highest BCUT2D eigenvalue weighted by Gasteiger charge is 2.21. The fraction of sp³-hybridized carbons (Fsp3) is 0.529. The molecule has 0 bridgehead atoms. The van der Waals surface area contributed by atoms with Crippen molar-refractivity contribution in [3.8, 4) is 6.07 Å². The first-order valence-electron chi connectivity index (χ1n) is 8.27. The number of carbonyl (C=O) groups is 1. The molecule has 2 aromatic rings. The summed E-state index contributed by atoms with van der Waals surface area (Å²) < 4.78 is 0. The van der Waals surface area contributed by atoms with Gasteiger partial charge < -0.3 is 4.90 Å². The highest BCUT2D eigenvalue weighted by molar-refractivity contribution is 8.00. The van der Waals surface area contributed by atoms with Crippen LogP contribution in [0.3, 0.4) is 0 Å². The number of aryl methyl sites for hydroxylation is 2. The van der Waals surface area contributed by atoms with Crippen molar-refractivity contribution in [1.82, 2.24) is 14.9 Å². The summed E-state index contributed by atoms with van der Waals surface area (Å²) in [6, 6.07) is 2.10. The lowest BCUT2D eigenvalue weighted by atomic mass is 9.97. The van der Waals surface area contributed by atoms with Crippen LogP contribution in [0.5, 0.6) is 0 Å². The normalized spacial score (nSPS) is 13.5. The summed E-state index contributed by atoms with van der Waals surface area (Å²) in [7, 11) is 0. The SMILES string of the molecule is CCN(CCC#N)C(=O)CSc1ncnc2sc3c(c12)CCCC3. The topological polar surface area (TPSA) is 69.9 Å². The molecule has 1 amide bonds. The van der Waals surface area contributed by atoms with E-state index in [1.807, 2.05) is 6.92 Å². The van der Waals surface area contributed by atoms with Crippen molar-refractivity contribution in [1.29, 1.82) is 5.26 Å². The third-order valence-corrected chi connectivity index (χ3v) is 6.45. The Morgan fingerprint density at radius 2 is 2.25 bits per heavy atom. The van der Waals surface area contributed by atoms with Gasteiger partial charge in [0.15, 0.2) is 0 Å². The van der Waals surface area contributed by atoms with Crippen LogP contribution in [0.15, 0.2) is 11.4 Å². The zero-order valence-electron chi connectivity index (χ0n) is 13.7. The zero-order chi connectivity index (χ0) is 16.9. The van der Waals surface area contributed by atoms with Crippen LogP contribution in [0, 0.1) is 11.3 Å². The Balaban J connectivity index is 1.77. The first kappa shape index (κ1) is 17.2. The maximum Gasteiger partial charge on any atom is 0.233 e. The standard InChI is InChI=1S/C17H20N4OS2/c1-2-21(9-5-8-18)14(22)10-23-16-15-12-6-3-4-7-13(12)24-17(15)20-11-19-16/h11H,2-7,9-10H2,1H3. The summed E-state index contributed by atoms with van der Waals surface area (Å²) in [5.74, 6) is 0.421. The molecule has 0 fully saturated rings. The lowest BCUT2D eigenvalue weighted by Crippen LogP contribution is -2.33. The van der Waals surface area contributed by atoms with Gasteiger partial charge in [-0.15, -0.1) is 11.3 Å². The van der Waals surface area contributed by atoms with Gasteiger partial charge in [-0.05, 0) is 38.2 Å². The molecule has 1 aliphatic rings. The maximum atomic E-state index is 12.4. The minimum atomic E-state index is 0.0635. The molecule has 0 unspecified atom stereocenters. The molecule has 1 aliphatic carbocycles. The number of rotatable bonds is 6. The molecule has 0 aliphatic heterocycles. The molecule has 7 heteroatoms. The molecule has 2 aromatic heterocycles. The van der Waals surface area contributed by atoms with Crippen molar-refractivity contribution < 1.29 is 4.79 Å². The van der Waals surface area contributed by atoms with E-state index < -0.39 is 0 Å². The average molecular weight is 361 g/mol. The van der Waals surface area contributed by atoms with Crippen molar-refractivity contribution in [3.63, 3.8) is 0 Å². The van der Waals surface area contributed by atoms with Crippen LogP contribution in [0.1, 0.15) is 36.6 Å². The van der Waals surface area contributed by atoms with E-state index in [0.29, 0.717) is 25.3 Å². The number of carbonyl (C=O) groups excluding carboxylic acids is 1. The second-order valence-electron chi connectivity index (χ2n) is 5.74. The molecule has 0 saturated carbocycles. The van der Waals surface area contributed by atoms with Gasteiger partial charge in [-0.1, -0.05) is 11.8 Å². The van der Waals surface area contributed by atoms with Gasteiger partial charge >= 0.3 is 0 Å². The Labute approximate surface area is 150 Å². The summed E-state index contributed by atoms with van der Waals surface area (Å²) in [6.07, 6.45) is 6.67. The molecular formula is C17H20N4OS2. The Bertz CT molecular complexity index is 781. The minimum absolute atomic E-state index is 0.0635. The zero-order valence-corrected chi connectivity index (χ0v) is 15.4. The van der Waals surface area contributed by atoms with Crippen molar-refractivity contribution in [3.05, 3.63) is 16.8 Å². The Hall–Kier alpha value is -1.65. The van der Waals surface area contributed by atoms with Gasteiger partial charge in [-0.3, -0.25) is 4.79 Å². The van der Waals surface area contributed by atoms with Crippen LogP contribution >= 0.6 is 23.1 Å². The summed E-state index contributed by atoms with van der Waals surface area (Å²) in [6.45, 7) is 3.08. The molecule has 24 heavy (non-hydrogen) atoms. The number of amides is 1. The van der Waals surface area contributed by atoms with E-state index in [2.05, 4.69) is 16.0 Å². The molecule has 0 saturated heterocycles. The summed E-state index contributed by atoms with van der Waals surface area (Å²) in [5.41, 5.74) is 1.40. The molecule has 0 spiro atoms. The van der Waals surface area contributed by atoms with Gasteiger partial charge in [0.2, 0.25) is 5.91 Å². The van der Waals surface area contributed by atoms with Crippen LogP contribution in [0.25, 0.3) is 10.2 Å². The van der Waals surface area contributed by atoms with Gasteiger partial charge in [-0.2, -0.15) is 5.26 Å². The first-order chi connectivity index (χ1) is 11.7. The van der Waals surface area contributed by atoms with E-state index in [1.165, 1.54) is 35.0 Å². The Kier molecular flexibility index (Phi) is 5.69. The molecule has 0 aromatic carbocycles. The molecule has 126 valence electrons. The van der Waals surface area contributed by atoms with Crippen LogP contribution in [-0.4, -0.2) is 39.6 Å². The largest absolute Gasteiger partial charge is 0.341 e. The minimum Gasteiger partial charge on any atom is -0.341 e. The first-order valence-corrected chi connectivity index (χ1v) is 10.1. The lowest BCUT2D eigenvalue weighted by Gasteiger charge is -2.19. The van der Waals surface area contributed by atoms with Crippen LogP contribution in [-0.2, 0) is 17.6 Å². The average Bonchev–Trinajstić information content (AvgIpc) is 2.99. The van der Waals surface area contributed by atoms with Crippen molar-refractivity contribution in [2.24, 2.45) is 0 Å². The number of nitriles is 1. The van der Waals surface area contributed by atoms with Crippen molar-refractivity contribution in [2.45, 2.75) is 44.1 Å². The molecule has 0 atom stereocenters. The van der Waals surface area contributed by atoms with E-state index in [1.54, 1.807) is 22.6 Å². The Morgan fingerprint density at radius 3 is 3.04 bits per heavy atom. The fourth-order valence-corrected chi connectivity index (χ4v) is 5.26. The number of thioether (sulfide) groups is 1. The van der Waals surface area contributed by atoms with Gasteiger partial charge in [0.1, 0.15) is 16.2 Å². The maximum absolute atomic E-state index is 12.4. The van der Waals surface area contributed by atoms with Gasteiger partial charge in [0.25, 0.3) is 0 Å². The second kappa shape index (κ2) is 7.95. The van der Waals surface area contributed by atoms with Gasteiger partial charge in [0, 0.05) is 23.4 Å². The number of fused-ring (bicyclic) bond motifs is 3. The van der Waals surface area contributed by atoms with Crippen molar-refractivity contribution >= 4 is 39.2 Å². The third-order valence-electron chi connectivity index (χ3n) is 4.28. The summed E-state index contributed by atoms with van der Waals surface area (Å²) in [4.78, 5) is 25.5. The fourth-order valence-electron chi connectivity index (χ4n) is 3.04. The predicted molar refractivity (Wildman–Crippen MR) is 97.3 cm³/mol. The lowest BCUT2D eigenvalue weighted by molar-refractivity contribution is -0.128. The molecule has 0 radical (unpaired) electrons. The smallest absolute Gasteiger partial charge is 0.233 e. The van der Waals surface area contributed by atoms with E-state index in [0.717, 1.165) is 28.1 Å². The Morgan fingerprint density at radius 1 is 1.42 bits per heavy atom. The van der Waals surface area contributed by atoms with Crippen LogP contribution < -0.4 is 0 Å². The molecule has 5 nitrogen and oxygen atoms in total. The molecular weight excluding hydrogens is 340 g/mol. The van der Waals surface area contributed by atoms with E-state index in [-0.39, 0.29) is 5.91 Å². The number of nitrogens with zero attached hydrogens (tertiary/aromatic N) is 4. The van der Waals surface area contributed by atoms with Crippen molar-refractivity contribution in [2.75, 3.05) is 18.8 Å². The molecule has 0 N–H and O–H groups in total. The molecule has 2 heterocycles. The van der Waals surface area contributed by atoms with E-state index >= 15 is 0 Å². The highest BCUT2D eigenvalue weighted by atomic mass is 32.2. The third kappa shape index (κ3) is 3.55. The number of aromatic nitrogens is 2. The summed E-state index contributed by atoms with van der Waals surface area (Å²) >= 11 is 3.27. The number of hydrogen-bond acceptors (Lipinski definition) is 6. The van der Waals surface area contributed by atoms with Crippen LogP contribution in [0.4, 0.5) is 0 Å². The monoisotopic (exact) mass is 360 g/mol. The van der Waals surface area contributed by atoms with E-state index in [9.17, 15) is 4.79 Å². The number of thiophene rings is 1.